The van der Waals surface area contributed by atoms with Crippen LogP contribution in [0.2, 0.25) is 0 Å². The predicted octanol–water partition coefficient (Wildman–Crippen LogP) is 3.44. The zero-order valence-electron chi connectivity index (χ0n) is 10.2. The molecular weight excluding hydrogens is 262 g/mol. The molecule has 0 saturated heterocycles. The number of fused-ring (bicyclic) bond motifs is 1. The van der Waals surface area contributed by atoms with Gasteiger partial charge in [0.1, 0.15) is 5.82 Å². The summed E-state index contributed by atoms with van der Waals surface area (Å²) in [5.41, 5.74) is 1.23. The summed E-state index contributed by atoms with van der Waals surface area (Å²) >= 11 is 0. The van der Waals surface area contributed by atoms with Crippen molar-refractivity contribution in [2.75, 3.05) is 0 Å². The number of rotatable bonds is 1. The van der Waals surface area contributed by atoms with Crippen molar-refractivity contribution in [3.8, 4) is 0 Å². The Labute approximate surface area is 107 Å². The highest BCUT2D eigenvalue weighted by Crippen LogP contribution is 2.37. The number of hydrogen-bond donors (Lipinski definition) is 1. The van der Waals surface area contributed by atoms with E-state index >= 15 is 0 Å². The summed E-state index contributed by atoms with van der Waals surface area (Å²) < 4.78 is 50.0. The van der Waals surface area contributed by atoms with Gasteiger partial charge in [0.2, 0.25) is 0 Å². The Hall–Kier alpha value is -1.59. The molecule has 2 atom stereocenters. The van der Waals surface area contributed by atoms with E-state index in [1.165, 1.54) is 12.1 Å². The lowest BCUT2D eigenvalue weighted by molar-refractivity contribution is -0.174. The Morgan fingerprint density at radius 2 is 1.95 bits per heavy atom. The van der Waals surface area contributed by atoms with Crippen LogP contribution in [-0.4, -0.2) is 12.1 Å². The minimum Gasteiger partial charge on any atom is -0.341 e. The molecule has 1 N–H and O–H groups in total. The summed E-state index contributed by atoms with van der Waals surface area (Å²) in [6, 6.07) is 3.27. The second-order valence-corrected chi connectivity index (χ2v) is 4.78. The minimum absolute atomic E-state index is 0.148. The summed E-state index contributed by atoms with van der Waals surface area (Å²) in [5.74, 6) is -2.35. The molecule has 0 heterocycles. The van der Waals surface area contributed by atoms with Crippen LogP contribution in [0.5, 0.6) is 0 Å². The number of alkyl halides is 3. The van der Waals surface area contributed by atoms with E-state index in [1.54, 1.807) is 6.07 Å². The van der Waals surface area contributed by atoms with Gasteiger partial charge in [-0.15, -0.1) is 0 Å². The molecule has 0 fully saturated rings. The van der Waals surface area contributed by atoms with Gasteiger partial charge in [0.25, 0.3) is 0 Å². The van der Waals surface area contributed by atoms with Gasteiger partial charge in [-0.1, -0.05) is 13.0 Å². The predicted molar refractivity (Wildman–Crippen MR) is 61.0 cm³/mol. The number of hydrogen-bond acceptors (Lipinski definition) is 1. The fourth-order valence-electron chi connectivity index (χ4n) is 2.41. The first-order valence-corrected chi connectivity index (χ1v) is 5.96. The van der Waals surface area contributed by atoms with Crippen LogP contribution >= 0.6 is 0 Å². The van der Waals surface area contributed by atoms with E-state index in [0.29, 0.717) is 18.4 Å². The summed E-state index contributed by atoms with van der Waals surface area (Å²) in [6.07, 6.45) is -3.89. The molecule has 1 amide bonds. The standard InChI is InChI=1S/C13H13F4NO/c1-7-2-5-11(18-12(19)13(15,16)17)10-6-8(14)3-4-9(7)10/h3-4,6-7,11H,2,5H2,1H3,(H,18,19)/t7-,11-/m1/s1. The van der Waals surface area contributed by atoms with Crippen molar-refractivity contribution in [2.24, 2.45) is 0 Å². The van der Waals surface area contributed by atoms with Crippen molar-refractivity contribution in [2.45, 2.75) is 37.9 Å². The molecule has 0 aromatic heterocycles. The quantitative estimate of drug-likeness (QED) is 0.781. The zero-order valence-corrected chi connectivity index (χ0v) is 10.2. The molecule has 0 bridgehead atoms. The molecule has 6 heteroatoms. The van der Waals surface area contributed by atoms with E-state index in [1.807, 2.05) is 12.2 Å². The lowest BCUT2D eigenvalue weighted by atomic mass is 9.81. The smallest absolute Gasteiger partial charge is 0.341 e. The Kier molecular flexibility index (Phi) is 3.52. The second kappa shape index (κ2) is 4.83. The summed E-state index contributed by atoms with van der Waals surface area (Å²) in [5, 5.41) is 1.93. The molecule has 1 aromatic rings. The number of carbonyl (C=O) groups is 1. The maximum absolute atomic E-state index is 13.2. The van der Waals surface area contributed by atoms with Crippen LogP contribution in [0.4, 0.5) is 17.6 Å². The highest BCUT2D eigenvalue weighted by molar-refractivity contribution is 5.82. The molecule has 0 saturated carbocycles. The maximum Gasteiger partial charge on any atom is 0.471 e. The molecule has 1 aliphatic carbocycles. The molecule has 0 spiro atoms. The van der Waals surface area contributed by atoms with Crippen LogP contribution in [0.3, 0.4) is 0 Å². The molecule has 19 heavy (non-hydrogen) atoms. The average Bonchev–Trinajstić information content (AvgIpc) is 2.31. The minimum atomic E-state index is -4.92. The van der Waals surface area contributed by atoms with Crippen LogP contribution in [-0.2, 0) is 4.79 Å². The van der Waals surface area contributed by atoms with Gasteiger partial charge in [0.05, 0.1) is 6.04 Å². The molecule has 1 aliphatic rings. The molecule has 0 aliphatic heterocycles. The van der Waals surface area contributed by atoms with Crippen molar-refractivity contribution in [3.63, 3.8) is 0 Å². The van der Waals surface area contributed by atoms with Gasteiger partial charge in [0.15, 0.2) is 0 Å². The molecular formula is C13H13F4NO. The molecule has 0 unspecified atom stereocenters. The fourth-order valence-corrected chi connectivity index (χ4v) is 2.41. The first kappa shape index (κ1) is 13.8. The molecule has 2 nitrogen and oxygen atoms in total. The lowest BCUT2D eigenvalue weighted by Gasteiger charge is -2.30. The van der Waals surface area contributed by atoms with Crippen LogP contribution in [0.15, 0.2) is 18.2 Å². The van der Waals surface area contributed by atoms with Crippen LogP contribution in [0, 0.1) is 5.82 Å². The third-order valence-electron chi connectivity index (χ3n) is 3.41. The first-order chi connectivity index (χ1) is 8.79. The van der Waals surface area contributed by atoms with Gasteiger partial charge in [-0.3, -0.25) is 4.79 Å². The molecule has 0 radical (unpaired) electrons. The number of nitrogens with one attached hydrogen (secondary N) is 1. The monoisotopic (exact) mass is 275 g/mol. The largest absolute Gasteiger partial charge is 0.471 e. The highest BCUT2D eigenvalue weighted by atomic mass is 19.4. The summed E-state index contributed by atoms with van der Waals surface area (Å²) in [7, 11) is 0. The fraction of sp³-hybridized carbons (Fsp3) is 0.462. The van der Waals surface area contributed by atoms with Gasteiger partial charge in [-0.2, -0.15) is 13.2 Å². The number of carbonyl (C=O) groups excluding carboxylic acids is 1. The van der Waals surface area contributed by atoms with Gasteiger partial charge in [-0.05, 0) is 42.0 Å². The van der Waals surface area contributed by atoms with Gasteiger partial charge >= 0.3 is 12.1 Å². The van der Waals surface area contributed by atoms with Gasteiger partial charge < -0.3 is 5.32 Å². The topological polar surface area (TPSA) is 29.1 Å². The number of amides is 1. The Bertz CT molecular complexity index is 498. The van der Waals surface area contributed by atoms with Crippen LogP contribution in [0.25, 0.3) is 0 Å². The average molecular weight is 275 g/mol. The van der Waals surface area contributed by atoms with E-state index < -0.39 is 23.9 Å². The molecule has 2 rings (SSSR count). The Balaban J connectivity index is 2.28. The number of halogens is 4. The Morgan fingerprint density at radius 3 is 2.58 bits per heavy atom. The van der Waals surface area contributed by atoms with Crippen LogP contribution < -0.4 is 5.32 Å². The molecule has 104 valence electrons. The summed E-state index contributed by atoms with van der Waals surface area (Å²) in [4.78, 5) is 11.0. The highest BCUT2D eigenvalue weighted by Gasteiger charge is 2.40. The third-order valence-corrected chi connectivity index (χ3v) is 3.41. The van der Waals surface area contributed by atoms with Gasteiger partial charge in [0, 0.05) is 0 Å². The van der Waals surface area contributed by atoms with Crippen molar-refractivity contribution in [1.29, 1.82) is 0 Å². The van der Waals surface area contributed by atoms with E-state index in [-0.39, 0.29) is 5.92 Å². The van der Waals surface area contributed by atoms with E-state index in [0.717, 1.165) is 5.56 Å². The Morgan fingerprint density at radius 1 is 1.26 bits per heavy atom. The van der Waals surface area contributed by atoms with Crippen molar-refractivity contribution >= 4 is 5.91 Å². The van der Waals surface area contributed by atoms with Crippen molar-refractivity contribution in [3.05, 3.63) is 35.1 Å². The third kappa shape index (κ3) is 2.88. The second-order valence-electron chi connectivity index (χ2n) is 4.78. The maximum atomic E-state index is 13.2. The van der Waals surface area contributed by atoms with Crippen molar-refractivity contribution < 1.29 is 22.4 Å². The van der Waals surface area contributed by atoms with E-state index in [2.05, 4.69) is 0 Å². The van der Waals surface area contributed by atoms with Crippen molar-refractivity contribution in [1.82, 2.24) is 5.32 Å². The van der Waals surface area contributed by atoms with Gasteiger partial charge in [-0.25, -0.2) is 4.39 Å². The van der Waals surface area contributed by atoms with E-state index in [4.69, 9.17) is 0 Å². The normalized spacial score (nSPS) is 22.8. The van der Waals surface area contributed by atoms with Crippen LogP contribution in [0.1, 0.15) is 42.9 Å². The summed E-state index contributed by atoms with van der Waals surface area (Å²) in [6.45, 7) is 1.93. The SMILES string of the molecule is C[C@@H]1CC[C@@H](NC(=O)C(F)(F)F)c2cc(F)ccc21. The zero-order chi connectivity index (χ0) is 14.2. The molecule has 1 aromatic carbocycles. The lowest BCUT2D eigenvalue weighted by Crippen LogP contribution is -2.40. The first-order valence-electron chi connectivity index (χ1n) is 5.96. The van der Waals surface area contributed by atoms with E-state index in [9.17, 15) is 22.4 Å². The number of benzene rings is 1.